The van der Waals surface area contributed by atoms with Crippen molar-refractivity contribution in [3.63, 3.8) is 0 Å². The highest BCUT2D eigenvalue weighted by Crippen LogP contribution is 2.45. The van der Waals surface area contributed by atoms with Gasteiger partial charge in [0.25, 0.3) is 0 Å². The minimum Gasteiger partial charge on any atom is -0.309 e. The molecule has 440 valence electrons. The molecule has 0 spiro atoms. The van der Waals surface area contributed by atoms with Crippen molar-refractivity contribution < 1.29 is 13.2 Å². The van der Waals surface area contributed by atoms with Crippen LogP contribution >= 0.6 is 0 Å². The van der Waals surface area contributed by atoms with Gasteiger partial charge < -0.3 is 9.13 Å². The molecule has 0 amide bonds. The van der Waals surface area contributed by atoms with Gasteiger partial charge in [-0.05, 0) is 185 Å². The maximum atomic E-state index is 15.5. The van der Waals surface area contributed by atoms with E-state index >= 15 is 13.2 Å². The number of aryl methyl sites for hydroxylation is 1. The third-order valence-corrected chi connectivity index (χ3v) is 16.7. The second kappa shape index (κ2) is 23.3. The molecule has 0 fully saturated rings. The molecule has 0 aliphatic heterocycles. The van der Waals surface area contributed by atoms with Crippen molar-refractivity contribution in [3.8, 4) is 114 Å². The summed E-state index contributed by atoms with van der Waals surface area (Å²) < 4.78 is 50.3. The van der Waals surface area contributed by atoms with Gasteiger partial charge in [0.2, 0.25) is 0 Å². The van der Waals surface area contributed by atoms with Crippen LogP contribution in [-0.2, 0) is 6.18 Å². The van der Waals surface area contributed by atoms with Crippen molar-refractivity contribution >= 4 is 66.4 Å². The fraction of sp³-hybridized carbons (Fsp3) is 0.0253. The summed E-state index contributed by atoms with van der Waals surface area (Å²) in [6.45, 7) is 33.2. The van der Waals surface area contributed by atoms with Crippen molar-refractivity contribution in [3.05, 3.63) is 291 Å². The van der Waals surface area contributed by atoms with E-state index in [1.807, 2.05) is 121 Å². The second-order valence-electron chi connectivity index (χ2n) is 22.5. The molecule has 3 heterocycles. The highest BCUT2D eigenvalue weighted by Gasteiger charge is 2.33. The van der Waals surface area contributed by atoms with Crippen LogP contribution in [0.3, 0.4) is 0 Å². The molecule has 0 atom stereocenters. The number of aromatic nitrogens is 5. The molecule has 3 aromatic heterocycles. The molecule has 0 radical (unpaired) electrons. The Balaban J connectivity index is 1.03. The van der Waals surface area contributed by atoms with E-state index in [1.54, 1.807) is 60.7 Å². The molecular formula is C79H38F3N13. The Bertz CT molecular complexity index is 5640. The van der Waals surface area contributed by atoms with Crippen molar-refractivity contribution in [2.75, 3.05) is 0 Å². The first-order valence-corrected chi connectivity index (χ1v) is 29.2. The van der Waals surface area contributed by atoms with Gasteiger partial charge in [0, 0.05) is 49.4 Å². The van der Waals surface area contributed by atoms with E-state index in [9.17, 15) is 21.0 Å². The van der Waals surface area contributed by atoms with Gasteiger partial charge in [0.05, 0.1) is 101 Å². The van der Waals surface area contributed by atoms with Crippen LogP contribution in [0.4, 0.5) is 35.9 Å². The SMILES string of the molecule is [C-]#[N+]c1cc(C#N)cc(-c2ccc3c(c2)c2cc(-c4cc([N+]#[C-])cc([N+]#[C-])c4)ccc2n3-c2ccc(C)cc2-c2nc(-c3ccccc3)nc(-c3cc(C(F)(F)F)ccc3-n3c4ccc(-c5cc(C#N)cc(C#N)c5)cc4c4cc(-c5cc(C#N)cc([N+]#[C-])c5)ccc43)n2)c1. The molecule has 16 heteroatoms. The molecule has 14 aromatic rings. The number of hydrogen-bond acceptors (Lipinski definition) is 7. The lowest BCUT2D eigenvalue weighted by Crippen LogP contribution is -2.09. The highest BCUT2D eigenvalue weighted by molar-refractivity contribution is 6.14. The van der Waals surface area contributed by atoms with Gasteiger partial charge >= 0.3 is 6.18 Å². The number of rotatable bonds is 9. The fourth-order valence-corrected chi connectivity index (χ4v) is 12.4. The van der Waals surface area contributed by atoms with Gasteiger partial charge in [0.1, 0.15) is 0 Å². The molecule has 0 aliphatic carbocycles. The second-order valence-corrected chi connectivity index (χ2v) is 22.5. The van der Waals surface area contributed by atoms with Crippen LogP contribution in [0.2, 0.25) is 0 Å². The molecule has 0 aliphatic rings. The summed E-state index contributed by atoms with van der Waals surface area (Å²) in [5.74, 6) is 0.175. The molecule has 0 bridgehead atoms. The predicted molar refractivity (Wildman–Crippen MR) is 360 cm³/mol. The summed E-state index contributed by atoms with van der Waals surface area (Å²) >= 11 is 0. The van der Waals surface area contributed by atoms with Gasteiger partial charge in [-0.25, -0.2) is 34.3 Å². The normalized spacial score (nSPS) is 11.1. The van der Waals surface area contributed by atoms with Crippen molar-refractivity contribution in [2.45, 2.75) is 13.1 Å². The highest BCUT2D eigenvalue weighted by atomic mass is 19.4. The van der Waals surface area contributed by atoms with Gasteiger partial charge in [-0.15, -0.1) is 0 Å². The number of nitriles is 4. The number of benzene rings is 11. The maximum Gasteiger partial charge on any atom is 0.416 e. The number of nitrogens with zero attached hydrogens (tertiary/aromatic N) is 13. The number of halogens is 3. The maximum absolute atomic E-state index is 15.5. The first-order chi connectivity index (χ1) is 46.2. The quantitative estimate of drug-likeness (QED) is 0.130. The van der Waals surface area contributed by atoms with Crippen LogP contribution in [0.25, 0.3) is 153 Å². The summed E-state index contributed by atoms with van der Waals surface area (Å²) in [5, 5.41) is 42.8. The minimum atomic E-state index is -4.84. The van der Waals surface area contributed by atoms with Crippen molar-refractivity contribution in [1.29, 1.82) is 21.0 Å². The lowest BCUT2D eigenvalue weighted by Gasteiger charge is -2.18. The van der Waals surface area contributed by atoms with Gasteiger partial charge in [-0.2, -0.15) is 34.2 Å². The van der Waals surface area contributed by atoms with Crippen LogP contribution in [0, 0.1) is 78.5 Å². The Morgan fingerprint density at radius 2 is 0.705 bits per heavy atom. The van der Waals surface area contributed by atoms with E-state index in [0.717, 1.165) is 34.0 Å². The van der Waals surface area contributed by atoms with Crippen LogP contribution in [0.15, 0.2) is 212 Å². The average Bonchev–Trinajstić information content (AvgIpc) is 1.60. The summed E-state index contributed by atoms with van der Waals surface area (Å²) in [4.78, 5) is 30.1. The van der Waals surface area contributed by atoms with Crippen molar-refractivity contribution in [2.24, 2.45) is 0 Å². The van der Waals surface area contributed by atoms with E-state index in [0.29, 0.717) is 111 Å². The Morgan fingerprint density at radius 1 is 0.347 bits per heavy atom. The molecule has 0 saturated carbocycles. The largest absolute Gasteiger partial charge is 0.416 e. The Hall–Kier alpha value is -14.3. The molecule has 0 N–H and O–H groups in total. The monoisotopic (exact) mass is 1230 g/mol. The first kappa shape index (κ1) is 58.4. The molecule has 95 heavy (non-hydrogen) atoms. The average molecular weight is 1230 g/mol. The van der Waals surface area contributed by atoms with Gasteiger partial charge in [-0.1, -0.05) is 84.4 Å². The van der Waals surface area contributed by atoms with E-state index in [2.05, 4.69) is 48.2 Å². The molecule has 14 rings (SSSR count). The van der Waals surface area contributed by atoms with Crippen molar-refractivity contribution in [1.82, 2.24) is 24.1 Å². The topological polar surface area (TPSA) is 161 Å². The zero-order chi connectivity index (χ0) is 65.8. The summed E-state index contributed by atoms with van der Waals surface area (Å²) in [6, 6.07) is 69.4. The molecule has 11 aromatic carbocycles. The Labute approximate surface area is 540 Å². The fourth-order valence-electron chi connectivity index (χ4n) is 12.4. The lowest BCUT2D eigenvalue weighted by molar-refractivity contribution is -0.137. The zero-order valence-electron chi connectivity index (χ0n) is 49.7. The molecular weight excluding hydrogens is 1190 g/mol. The summed E-state index contributed by atoms with van der Waals surface area (Å²) in [7, 11) is 0. The molecule has 13 nitrogen and oxygen atoms in total. The zero-order valence-corrected chi connectivity index (χ0v) is 49.7. The Morgan fingerprint density at radius 3 is 1.11 bits per heavy atom. The third-order valence-electron chi connectivity index (χ3n) is 16.7. The van der Waals surface area contributed by atoms with E-state index in [1.165, 1.54) is 30.3 Å². The van der Waals surface area contributed by atoms with Gasteiger partial charge in [0.15, 0.2) is 40.2 Å². The van der Waals surface area contributed by atoms with E-state index < -0.39 is 11.7 Å². The third kappa shape index (κ3) is 10.5. The first-order valence-electron chi connectivity index (χ1n) is 29.2. The lowest BCUT2D eigenvalue weighted by atomic mass is 9.97. The number of hydrogen-bond donors (Lipinski definition) is 0. The summed E-state index contributed by atoms with van der Waals surface area (Å²) in [5.41, 5.74) is 11.7. The van der Waals surface area contributed by atoms with Crippen LogP contribution in [-0.4, -0.2) is 24.1 Å². The van der Waals surface area contributed by atoms with Gasteiger partial charge in [-0.3, -0.25) is 0 Å². The molecule has 0 saturated heterocycles. The van der Waals surface area contributed by atoms with Crippen LogP contribution < -0.4 is 0 Å². The number of fused-ring (bicyclic) bond motifs is 6. The number of alkyl halides is 3. The van der Waals surface area contributed by atoms with Crippen LogP contribution in [0.5, 0.6) is 0 Å². The van der Waals surface area contributed by atoms with Crippen LogP contribution in [0.1, 0.15) is 33.4 Å². The molecule has 0 unspecified atom stereocenters. The van der Waals surface area contributed by atoms with E-state index in [-0.39, 0.29) is 51.1 Å². The smallest absolute Gasteiger partial charge is 0.309 e. The predicted octanol–water partition coefficient (Wildman–Crippen LogP) is 20.8. The minimum absolute atomic E-state index is 0.00644. The summed E-state index contributed by atoms with van der Waals surface area (Å²) in [6.07, 6.45) is -4.84. The standard InChI is InChI=1S/C79H38F3N13/c1-45-11-17-74(94-70-19-13-52(56-27-48(43-85)29-60(31-56)87-2)37-66(70)67-38-54(15-21-71(67)94)58-33-62(89-4)40-63(34-58)90-5)68(23-45)77-91-76(50-9-7-6-8-10-50)92-78(93-77)69-39-59(79(80,81)82)16-22-75(69)95-72-18-12-51(55-25-46(41-83)24-47(26-55)42-84)35-64(72)65-36-53(14-20-73(65)95)57-28-49(44-86)30-61(32-57)88-3/h6-40H,1H3. The van der Waals surface area contributed by atoms with E-state index in [4.69, 9.17) is 41.2 Å². The Kier molecular flexibility index (Phi) is 14.3.